The van der Waals surface area contributed by atoms with E-state index in [1.165, 1.54) is 0 Å². The van der Waals surface area contributed by atoms with Crippen LogP contribution in [0.1, 0.15) is 77.0 Å². The molecule has 0 radical (unpaired) electrons. The minimum atomic E-state index is -0.544. The maximum Gasteiger partial charge on any atom is 0.307 e. The molecule has 8 heteroatoms. The Morgan fingerprint density at radius 1 is 0.615 bits per heavy atom. The summed E-state index contributed by atoms with van der Waals surface area (Å²) < 4.78 is 10.3. The lowest BCUT2D eigenvalue weighted by Gasteiger charge is -2.13. The fourth-order valence-electron chi connectivity index (χ4n) is 2.45. The van der Waals surface area contributed by atoms with Gasteiger partial charge in [0.1, 0.15) is 0 Å². The normalized spacial score (nSPS) is 13.2. The molecule has 0 aromatic rings. The van der Waals surface area contributed by atoms with Crippen LogP contribution in [0.15, 0.2) is 0 Å². The summed E-state index contributed by atoms with van der Waals surface area (Å²) >= 11 is 0. The van der Waals surface area contributed by atoms with Crippen LogP contribution >= 0.6 is 0 Å². The molecule has 0 spiro atoms. The molecule has 8 nitrogen and oxygen atoms in total. The summed E-state index contributed by atoms with van der Waals surface area (Å²) in [5, 5.41) is 0. The van der Waals surface area contributed by atoms with Gasteiger partial charge in [-0.3, -0.25) is 21.1 Å². The van der Waals surface area contributed by atoms with Gasteiger partial charge in [0.2, 0.25) is 0 Å². The molecule has 0 fully saturated rings. The Kier molecular flexibility index (Phi) is 16.4. The molecule has 8 N–H and O–H groups in total. The quantitative estimate of drug-likeness (QED) is 0.168. The highest BCUT2D eigenvalue weighted by Gasteiger charge is 2.11. The van der Waals surface area contributed by atoms with E-state index >= 15 is 0 Å². The lowest BCUT2D eigenvalue weighted by Crippen LogP contribution is -2.27. The highest BCUT2D eigenvalue weighted by Crippen LogP contribution is 2.09. The molecular formula is C18H38N4O4. The van der Waals surface area contributed by atoms with E-state index in [2.05, 4.69) is 0 Å². The van der Waals surface area contributed by atoms with Crippen LogP contribution in [0.25, 0.3) is 0 Å². The fraction of sp³-hybridized carbons (Fsp3) is 0.889. The first-order valence-corrected chi connectivity index (χ1v) is 9.79. The fourth-order valence-corrected chi connectivity index (χ4v) is 2.45. The Balaban J connectivity index is 3.53. The zero-order valence-electron chi connectivity index (χ0n) is 16.0. The topological polar surface area (TPSA) is 157 Å². The third-order valence-corrected chi connectivity index (χ3v) is 3.96. The van der Waals surface area contributed by atoms with Crippen molar-refractivity contribution in [2.45, 2.75) is 89.5 Å². The van der Waals surface area contributed by atoms with Crippen molar-refractivity contribution in [2.75, 3.05) is 13.1 Å². The number of esters is 2. The molecule has 0 rings (SSSR count). The molecule has 0 bridgehead atoms. The lowest BCUT2D eigenvalue weighted by atomic mass is 10.1. The molecule has 0 saturated heterocycles. The monoisotopic (exact) mass is 374 g/mol. The van der Waals surface area contributed by atoms with Crippen LogP contribution in [-0.4, -0.2) is 37.5 Å². The van der Waals surface area contributed by atoms with Crippen LogP contribution in [0.2, 0.25) is 0 Å². The van der Waals surface area contributed by atoms with E-state index in [9.17, 15) is 9.59 Å². The molecule has 0 aromatic carbocycles. The van der Waals surface area contributed by atoms with Crippen molar-refractivity contribution in [1.29, 1.82) is 0 Å². The number of carbonyl (C=O) groups excluding carboxylic acids is 2. The van der Waals surface area contributed by atoms with E-state index in [1.807, 2.05) is 0 Å². The van der Waals surface area contributed by atoms with E-state index in [0.29, 0.717) is 38.8 Å². The van der Waals surface area contributed by atoms with Crippen molar-refractivity contribution in [1.82, 2.24) is 0 Å². The molecule has 0 heterocycles. The molecule has 2 atom stereocenters. The summed E-state index contributed by atoms with van der Waals surface area (Å²) in [6, 6.07) is 0. The van der Waals surface area contributed by atoms with Gasteiger partial charge in [-0.2, -0.15) is 0 Å². The second kappa shape index (κ2) is 17.2. The average Bonchev–Trinajstić information content (AvgIpc) is 2.58. The third kappa shape index (κ3) is 16.3. The molecule has 0 amide bonds. The van der Waals surface area contributed by atoms with E-state index in [0.717, 1.165) is 51.4 Å². The molecule has 0 aliphatic rings. The van der Waals surface area contributed by atoms with Crippen molar-refractivity contribution in [2.24, 2.45) is 22.9 Å². The minimum Gasteiger partial charge on any atom is -0.447 e. The molecule has 2 unspecified atom stereocenters. The zero-order chi connectivity index (χ0) is 19.6. The number of ether oxygens (including phenoxy) is 2. The SMILES string of the molecule is NCCCCC(N)OC(=O)CCCCCCC(=O)OC(N)CCCCN. The standard InChI is InChI=1S/C18H38N4O4/c19-13-7-5-9-15(21)25-17(23)11-3-1-2-4-12-18(24)26-16(22)10-6-8-14-20/h15-16H,1-14,19-22H2. The Labute approximate surface area is 157 Å². The Hall–Kier alpha value is -1.22. The Morgan fingerprint density at radius 2 is 1.00 bits per heavy atom. The van der Waals surface area contributed by atoms with Crippen molar-refractivity contribution in [3.05, 3.63) is 0 Å². The van der Waals surface area contributed by atoms with Crippen LogP contribution < -0.4 is 22.9 Å². The summed E-state index contributed by atoms with van der Waals surface area (Å²) in [5.41, 5.74) is 22.3. The van der Waals surface area contributed by atoms with Crippen molar-refractivity contribution in [3.8, 4) is 0 Å². The molecular weight excluding hydrogens is 336 g/mol. The predicted octanol–water partition coefficient (Wildman–Crippen LogP) is 1.24. The molecule has 0 aliphatic carbocycles. The third-order valence-electron chi connectivity index (χ3n) is 3.96. The van der Waals surface area contributed by atoms with Gasteiger partial charge in [-0.25, -0.2) is 0 Å². The summed E-state index contributed by atoms with van der Waals surface area (Å²) in [7, 11) is 0. The first kappa shape index (κ1) is 24.8. The zero-order valence-corrected chi connectivity index (χ0v) is 16.0. The summed E-state index contributed by atoms with van der Waals surface area (Å²) in [4.78, 5) is 23.3. The number of unbranched alkanes of at least 4 members (excludes halogenated alkanes) is 5. The summed E-state index contributed by atoms with van der Waals surface area (Å²) in [6.45, 7) is 1.24. The van der Waals surface area contributed by atoms with Gasteiger partial charge in [0.15, 0.2) is 12.5 Å². The van der Waals surface area contributed by atoms with E-state index in [4.69, 9.17) is 32.4 Å². The van der Waals surface area contributed by atoms with Crippen molar-refractivity contribution < 1.29 is 19.1 Å². The molecule has 154 valence electrons. The first-order valence-electron chi connectivity index (χ1n) is 9.79. The average molecular weight is 375 g/mol. The Bertz CT molecular complexity index is 335. The predicted molar refractivity (Wildman–Crippen MR) is 102 cm³/mol. The smallest absolute Gasteiger partial charge is 0.307 e. The van der Waals surface area contributed by atoms with Gasteiger partial charge in [0.05, 0.1) is 0 Å². The minimum absolute atomic E-state index is 0.270. The van der Waals surface area contributed by atoms with Crippen LogP contribution in [0.4, 0.5) is 0 Å². The van der Waals surface area contributed by atoms with E-state index in [-0.39, 0.29) is 11.9 Å². The largest absolute Gasteiger partial charge is 0.447 e. The van der Waals surface area contributed by atoms with Gasteiger partial charge in [0.25, 0.3) is 0 Å². The number of nitrogens with two attached hydrogens (primary N) is 4. The van der Waals surface area contributed by atoms with Gasteiger partial charge in [-0.15, -0.1) is 0 Å². The van der Waals surface area contributed by atoms with Gasteiger partial charge >= 0.3 is 11.9 Å². The molecule has 0 saturated carbocycles. The van der Waals surface area contributed by atoms with E-state index < -0.39 is 12.5 Å². The number of carbonyl (C=O) groups is 2. The molecule has 0 aromatic heterocycles. The molecule has 26 heavy (non-hydrogen) atoms. The van der Waals surface area contributed by atoms with E-state index in [1.54, 1.807) is 0 Å². The van der Waals surface area contributed by atoms with Crippen LogP contribution in [0, 0.1) is 0 Å². The van der Waals surface area contributed by atoms with Crippen LogP contribution in [0.3, 0.4) is 0 Å². The van der Waals surface area contributed by atoms with Crippen LogP contribution in [-0.2, 0) is 19.1 Å². The number of hydrogen-bond donors (Lipinski definition) is 4. The van der Waals surface area contributed by atoms with Crippen molar-refractivity contribution >= 4 is 11.9 Å². The first-order chi connectivity index (χ1) is 12.5. The lowest BCUT2D eigenvalue weighted by molar-refractivity contribution is -0.150. The van der Waals surface area contributed by atoms with Gasteiger partial charge in [-0.1, -0.05) is 12.8 Å². The number of rotatable bonds is 17. The Morgan fingerprint density at radius 3 is 1.35 bits per heavy atom. The highest BCUT2D eigenvalue weighted by molar-refractivity contribution is 5.69. The summed E-state index contributed by atoms with van der Waals surface area (Å²) in [5.74, 6) is -0.541. The van der Waals surface area contributed by atoms with Crippen molar-refractivity contribution in [3.63, 3.8) is 0 Å². The molecule has 0 aliphatic heterocycles. The number of hydrogen-bond acceptors (Lipinski definition) is 8. The second-order valence-electron chi connectivity index (χ2n) is 6.54. The maximum absolute atomic E-state index is 11.6. The van der Waals surface area contributed by atoms with Crippen LogP contribution in [0.5, 0.6) is 0 Å². The van der Waals surface area contributed by atoms with Gasteiger partial charge in [-0.05, 0) is 64.5 Å². The second-order valence-corrected chi connectivity index (χ2v) is 6.54. The van der Waals surface area contributed by atoms with Gasteiger partial charge < -0.3 is 20.9 Å². The van der Waals surface area contributed by atoms with Gasteiger partial charge in [0, 0.05) is 12.8 Å². The summed E-state index contributed by atoms with van der Waals surface area (Å²) in [6.07, 6.45) is 7.52. The maximum atomic E-state index is 11.6. The highest BCUT2D eigenvalue weighted by atomic mass is 16.6.